The number of ether oxygens (including phenoxy) is 1. The van der Waals surface area contributed by atoms with Crippen LogP contribution >= 0.6 is 11.3 Å². The van der Waals surface area contributed by atoms with Crippen LogP contribution in [0.5, 0.6) is 0 Å². The maximum Gasteiger partial charge on any atom is 0.355 e. The first kappa shape index (κ1) is 35.8. The summed E-state index contributed by atoms with van der Waals surface area (Å²) in [6.07, 6.45) is 2.12. The van der Waals surface area contributed by atoms with Crippen molar-refractivity contribution in [3.63, 3.8) is 0 Å². The molecule has 3 aromatic rings. The molecule has 4 heterocycles. The minimum absolute atomic E-state index is 0.0220. The van der Waals surface area contributed by atoms with E-state index < -0.39 is 59.1 Å². The van der Waals surface area contributed by atoms with Gasteiger partial charge in [-0.3, -0.25) is 19.3 Å². The summed E-state index contributed by atoms with van der Waals surface area (Å²) < 4.78 is 42.0. The topological polar surface area (TPSA) is 174 Å². The molecule has 2 aromatic heterocycles. The number of hydrogen-bond acceptors (Lipinski definition) is 11. The lowest BCUT2D eigenvalue weighted by atomic mass is 9.77. The van der Waals surface area contributed by atoms with E-state index in [9.17, 15) is 33.2 Å². The average molecular weight is 720 g/mol. The number of esters is 1. The van der Waals surface area contributed by atoms with Crippen molar-refractivity contribution in [3.05, 3.63) is 63.0 Å². The molecule has 0 bridgehead atoms. The number of fused-ring (bicyclic) bond motifs is 2. The molecule has 0 aliphatic carbocycles. The van der Waals surface area contributed by atoms with E-state index in [1.54, 1.807) is 10.6 Å². The highest BCUT2D eigenvalue weighted by molar-refractivity contribution is 7.89. The Hall–Kier alpha value is -3.48. The summed E-state index contributed by atoms with van der Waals surface area (Å²) >= 11 is 1.13. The second kappa shape index (κ2) is 12.8. The fourth-order valence-corrected chi connectivity index (χ4v) is 9.51. The van der Waals surface area contributed by atoms with Crippen LogP contribution in [0.15, 0.2) is 47.5 Å². The lowest BCUT2D eigenvalue weighted by Gasteiger charge is -2.46. The molecule has 260 valence electrons. The summed E-state index contributed by atoms with van der Waals surface area (Å²) in [5.41, 5.74) is 0.936. The van der Waals surface area contributed by atoms with Gasteiger partial charge >= 0.3 is 5.97 Å². The van der Waals surface area contributed by atoms with Crippen LogP contribution in [0.1, 0.15) is 45.1 Å². The molecule has 2 aliphatic rings. The van der Waals surface area contributed by atoms with Crippen LogP contribution in [0.3, 0.4) is 0 Å². The Kier molecular flexibility index (Phi) is 9.52. The summed E-state index contributed by atoms with van der Waals surface area (Å²) in [4.78, 5) is 43.8. The minimum Gasteiger partial charge on any atom is -0.456 e. The number of nitrogens with zero attached hydrogens (tertiary/aromatic N) is 5. The standard InChI is InChI=1S/C31H41N5O9S2Si/c1-18-23(22-15-34-17-32-27(29(34)46-22)47(42,43)33(6)13-14-45-48(7,8)31(3,4)5)26(35-25(18)24(19(2)37)28(35)38)30(39)44-16-20-9-11-21(12-10-20)36(40)41/h9-12,15,17-19,24-25,37H,13-14,16H2,1-8H3/t18-,19+,24+,25+/m0/s1. The maximum absolute atomic E-state index is 13.7. The number of sulfonamides is 1. The third kappa shape index (κ3) is 6.22. The summed E-state index contributed by atoms with van der Waals surface area (Å²) in [5.74, 6) is -2.30. The Morgan fingerprint density at radius 3 is 2.48 bits per heavy atom. The number of carbonyl (C=O) groups is 2. The van der Waals surface area contributed by atoms with Crippen molar-refractivity contribution in [2.45, 2.75) is 76.5 Å². The van der Waals surface area contributed by atoms with Gasteiger partial charge in [0.05, 0.1) is 27.9 Å². The van der Waals surface area contributed by atoms with Crippen LogP contribution in [0.25, 0.3) is 10.4 Å². The van der Waals surface area contributed by atoms with Crippen molar-refractivity contribution in [1.29, 1.82) is 0 Å². The lowest BCUT2D eigenvalue weighted by molar-refractivity contribution is -0.384. The number of rotatable bonds is 12. The number of nitro groups is 1. The Morgan fingerprint density at radius 2 is 1.90 bits per heavy atom. The van der Waals surface area contributed by atoms with Crippen LogP contribution in [0.4, 0.5) is 5.69 Å². The average Bonchev–Trinajstić information content (AvgIpc) is 3.65. The van der Waals surface area contributed by atoms with Gasteiger partial charge in [-0.05, 0) is 42.8 Å². The van der Waals surface area contributed by atoms with E-state index >= 15 is 0 Å². The fraction of sp³-hybridized carbons (Fsp3) is 0.516. The highest BCUT2D eigenvalue weighted by atomic mass is 32.2. The van der Waals surface area contributed by atoms with Gasteiger partial charge in [0, 0.05) is 50.0 Å². The van der Waals surface area contributed by atoms with Gasteiger partial charge < -0.3 is 19.2 Å². The molecular formula is C31H41N5O9S2Si. The first-order valence-corrected chi connectivity index (χ1v) is 20.7. The summed E-state index contributed by atoms with van der Waals surface area (Å²) in [6, 6.07) is 5.08. The third-order valence-corrected chi connectivity index (χ3v) is 17.3. The molecule has 0 radical (unpaired) electrons. The van der Waals surface area contributed by atoms with E-state index in [0.717, 1.165) is 11.3 Å². The second-order valence-electron chi connectivity index (χ2n) is 13.8. The predicted octanol–water partition coefficient (Wildman–Crippen LogP) is 4.26. The Labute approximate surface area is 284 Å². The van der Waals surface area contributed by atoms with Crippen LogP contribution in [-0.4, -0.2) is 89.6 Å². The molecule has 17 heteroatoms. The molecular weight excluding hydrogens is 679 g/mol. The van der Waals surface area contributed by atoms with E-state index in [2.05, 4.69) is 38.8 Å². The van der Waals surface area contributed by atoms with Crippen molar-refractivity contribution in [3.8, 4) is 0 Å². The number of nitro benzene ring substituents is 1. The summed E-state index contributed by atoms with van der Waals surface area (Å²) in [6.45, 7) is 14.1. The number of thiazole rings is 1. The molecule has 1 fully saturated rings. The van der Waals surface area contributed by atoms with Gasteiger partial charge in [-0.2, -0.15) is 4.31 Å². The molecule has 1 amide bonds. The van der Waals surface area contributed by atoms with Gasteiger partial charge in [-0.1, -0.05) is 27.7 Å². The van der Waals surface area contributed by atoms with E-state index in [1.807, 2.05) is 6.92 Å². The molecule has 5 rings (SSSR count). The number of likely N-dealkylation sites (N-methyl/N-ethyl adjacent to an activating group) is 1. The molecule has 48 heavy (non-hydrogen) atoms. The quantitative estimate of drug-likeness (QED) is 0.0937. The SMILES string of the molecule is C[C@@H](O)[C@H]1C(=O)N2C(C(=O)OCc3ccc([N+](=O)[O-])cc3)=C(c3cn4cnc(S(=O)(=O)N(C)CCO[Si](C)(C)C(C)(C)C)c4s3)[C@H](C)[C@H]12. The van der Waals surface area contributed by atoms with Crippen molar-refractivity contribution in [2.75, 3.05) is 20.2 Å². The number of aliphatic hydroxyl groups is 1. The number of imidazole rings is 1. The van der Waals surface area contributed by atoms with Crippen LogP contribution < -0.4 is 0 Å². The monoisotopic (exact) mass is 719 g/mol. The normalized spacial score (nSPS) is 20.8. The molecule has 2 aliphatic heterocycles. The fourth-order valence-electron chi connectivity index (χ4n) is 5.81. The van der Waals surface area contributed by atoms with E-state index in [1.165, 1.54) is 53.8 Å². The van der Waals surface area contributed by atoms with Crippen LogP contribution in [-0.2, 0) is 35.4 Å². The molecule has 4 atom stereocenters. The molecule has 0 saturated carbocycles. The van der Waals surface area contributed by atoms with Crippen LogP contribution in [0.2, 0.25) is 18.1 Å². The Balaban J connectivity index is 1.44. The van der Waals surface area contributed by atoms with E-state index in [-0.39, 0.29) is 41.2 Å². The number of hydrogen-bond donors (Lipinski definition) is 1. The Bertz CT molecular complexity index is 1890. The zero-order valence-electron chi connectivity index (χ0n) is 28.2. The molecule has 0 spiro atoms. The molecule has 0 unspecified atom stereocenters. The summed E-state index contributed by atoms with van der Waals surface area (Å²) in [5, 5.41) is 21.2. The first-order valence-electron chi connectivity index (χ1n) is 15.5. The smallest absolute Gasteiger partial charge is 0.355 e. The first-order chi connectivity index (χ1) is 22.3. The number of β-lactam (4-membered cyclic amide) rings is 1. The number of aliphatic hydroxyl groups excluding tert-OH is 1. The largest absolute Gasteiger partial charge is 0.456 e. The lowest BCUT2D eigenvalue weighted by Crippen LogP contribution is -2.63. The number of amides is 1. The van der Waals surface area contributed by atoms with E-state index in [0.29, 0.717) is 20.8 Å². The second-order valence-corrected chi connectivity index (χ2v) is 21.6. The van der Waals surface area contributed by atoms with Crippen LogP contribution in [0, 0.1) is 22.0 Å². The number of carbonyl (C=O) groups excluding carboxylic acids is 2. The van der Waals surface area contributed by atoms with Crippen molar-refractivity contribution in [2.24, 2.45) is 11.8 Å². The zero-order valence-corrected chi connectivity index (χ0v) is 30.8. The van der Waals surface area contributed by atoms with Gasteiger partial charge in [0.15, 0.2) is 8.32 Å². The third-order valence-electron chi connectivity index (χ3n) is 9.66. The van der Waals surface area contributed by atoms with Crippen molar-refractivity contribution in [1.82, 2.24) is 18.6 Å². The molecule has 14 nitrogen and oxygen atoms in total. The van der Waals surface area contributed by atoms with Gasteiger partial charge in [-0.15, -0.1) is 11.3 Å². The zero-order chi connectivity index (χ0) is 35.5. The Morgan fingerprint density at radius 1 is 1.25 bits per heavy atom. The van der Waals surface area contributed by atoms with Gasteiger partial charge in [0.25, 0.3) is 15.7 Å². The summed E-state index contributed by atoms with van der Waals surface area (Å²) in [7, 11) is -4.61. The number of non-ortho nitro benzene ring substituents is 1. The maximum atomic E-state index is 13.7. The molecule has 1 N–H and O–H groups in total. The van der Waals surface area contributed by atoms with Crippen molar-refractivity contribution < 1.29 is 37.2 Å². The molecule has 1 aromatic carbocycles. The van der Waals surface area contributed by atoms with E-state index in [4.69, 9.17) is 9.16 Å². The van der Waals surface area contributed by atoms with Gasteiger partial charge in [0.1, 0.15) is 23.5 Å². The van der Waals surface area contributed by atoms with Gasteiger partial charge in [0.2, 0.25) is 10.9 Å². The predicted molar refractivity (Wildman–Crippen MR) is 181 cm³/mol. The highest BCUT2D eigenvalue weighted by Crippen LogP contribution is 2.52. The number of benzene rings is 1. The highest BCUT2D eigenvalue weighted by Gasteiger charge is 2.60. The van der Waals surface area contributed by atoms with Crippen molar-refractivity contribution >= 4 is 57.6 Å². The number of aromatic nitrogens is 2. The molecule has 1 saturated heterocycles. The van der Waals surface area contributed by atoms with Gasteiger partial charge in [-0.25, -0.2) is 18.2 Å². The minimum atomic E-state index is -4.01.